The van der Waals surface area contributed by atoms with Gasteiger partial charge in [-0.25, -0.2) is 14.0 Å². The van der Waals surface area contributed by atoms with Crippen molar-refractivity contribution >= 4 is 35.3 Å². The molecule has 0 unspecified atom stereocenters. The highest BCUT2D eigenvalue weighted by atomic mass is 19.1. The minimum absolute atomic E-state index is 0.00473. The molecular weight excluding hydrogens is 661 g/mol. The number of ether oxygens (including phenoxy) is 2. The van der Waals surface area contributed by atoms with Gasteiger partial charge < -0.3 is 25.8 Å². The maximum Gasteiger partial charge on any atom is 0.435 e. The largest absolute Gasteiger partial charge is 0.444 e. The molecule has 0 radical (unpaired) electrons. The smallest absolute Gasteiger partial charge is 0.435 e. The van der Waals surface area contributed by atoms with Crippen molar-refractivity contribution in [2.45, 2.75) is 46.1 Å². The van der Waals surface area contributed by atoms with Gasteiger partial charge in [0.05, 0.1) is 12.1 Å². The normalized spacial score (nSPS) is 11.1. The van der Waals surface area contributed by atoms with Gasteiger partial charge in [0.2, 0.25) is 5.91 Å². The Bertz CT molecular complexity index is 2020. The van der Waals surface area contributed by atoms with Crippen molar-refractivity contribution in [2.75, 3.05) is 10.6 Å². The van der Waals surface area contributed by atoms with Gasteiger partial charge in [0, 0.05) is 29.4 Å². The Morgan fingerprint density at radius 1 is 0.769 bits per heavy atom. The summed E-state index contributed by atoms with van der Waals surface area (Å²) in [5.41, 5.74) is 11.0. The lowest BCUT2D eigenvalue weighted by Gasteiger charge is -2.18. The Morgan fingerprint density at radius 2 is 1.42 bits per heavy atom. The molecule has 0 aromatic heterocycles. The summed E-state index contributed by atoms with van der Waals surface area (Å²) in [6, 6.07) is 35.7. The van der Waals surface area contributed by atoms with E-state index in [1.54, 1.807) is 60.7 Å². The Hall–Kier alpha value is -6.49. The van der Waals surface area contributed by atoms with Gasteiger partial charge in [0.25, 0.3) is 0 Å². The van der Waals surface area contributed by atoms with E-state index in [2.05, 4.69) is 20.9 Å². The Kier molecular flexibility index (Phi) is 12.7. The molecule has 0 aliphatic carbocycles. The number of nitrogens with zero attached hydrogens (tertiary/aromatic N) is 1. The number of rotatable bonds is 13. The fourth-order valence-electron chi connectivity index (χ4n) is 5.26. The first-order chi connectivity index (χ1) is 25.1. The zero-order valence-corrected chi connectivity index (χ0v) is 28.9. The first kappa shape index (κ1) is 36.8. The molecule has 0 saturated heterocycles. The van der Waals surface area contributed by atoms with E-state index in [1.165, 1.54) is 0 Å². The molecule has 10 nitrogen and oxygen atoms in total. The number of carbonyl (C=O) groups is 3. The van der Waals surface area contributed by atoms with Crippen LogP contribution in [0, 0.1) is 5.82 Å². The van der Waals surface area contributed by atoms with Crippen molar-refractivity contribution in [3.63, 3.8) is 0 Å². The number of anilines is 2. The molecule has 0 aliphatic rings. The third-order valence-electron chi connectivity index (χ3n) is 7.81. The predicted octanol–water partition coefficient (Wildman–Crippen LogP) is 7.96. The molecule has 3 amide bonds. The minimum Gasteiger partial charge on any atom is -0.444 e. The van der Waals surface area contributed by atoms with Gasteiger partial charge in [-0.05, 0) is 59.9 Å². The summed E-state index contributed by atoms with van der Waals surface area (Å²) in [4.78, 5) is 41.7. The average Bonchev–Trinajstić information content (AvgIpc) is 3.15. The molecule has 5 aromatic rings. The number of halogens is 1. The van der Waals surface area contributed by atoms with Crippen LogP contribution >= 0.6 is 0 Å². The Labute approximate surface area is 301 Å². The topological polar surface area (TPSA) is 144 Å². The predicted molar refractivity (Wildman–Crippen MR) is 200 cm³/mol. The Morgan fingerprint density at radius 3 is 2.08 bits per heavy atom. The molecule has 5 aromatic carbocycles. The fourth-order valence-corrected chi connectivity index (χ4v) is 5.26. The average molecular weight is 702 g/mol. The lowest BCUT2D eigenvalue weighted by Crippen LogP contribution is -2.25. The number of hydrogen-bond donors (Lipinski definition) is 4. The summed E-state index contributed by atoms with van der Waals surface area (Å²) in [5.74, 6) is -0.940. The lowest BCUT2D eigenvalue weighted by atomic mass is 9.95. The standard InChI is InChI=1S/C41H40FN5O5/c1-27(2)45-36-21-20-34(32-14-9-15-33(22-32)46-40(49)51-25-29-10-5-3-6-11-29)35(38(36)42)23-37(48)44-24-28-16-18-31(19-17-28)39(43)47-41(50)52-26-30-12-7-4-8-13-30/h3-22,27,45H,23-26H2,1-2H3,(H,44,48)(H,46,49)(H2,43,47,50). The van der Waals surface area contributed by atoms with E-state index in [0.29, 0.717) is 22.4 Å². The van der Waals surface area contributed by atoms with E-state index in [9.17, 15) is 14.4 Å². The third-order valence-corrected chi connectivity index (χ3v) is 7.81. The van der Waals surface area contributed by atoms with Crippen LogP contribution in [0.2, 0.25) is 0 Å². The van der Waals surface area contributed by atoms with E-state index in [1.807, 2.05) is 74.5 Å². The van der Waals surface area contributed by atoms with Gasteiger partial charge in [-0.1, -0.05) is 103 Å². The van der Waals surface area contributed by atoms with E-state index < -0.39 is 23.9 Å². The molecule has 0 saturated carbocycles. The molecule has 52 heavy (non-hydrogen) atoms. The second-order valence-corrected chi connectivity index (χ2v) is 12.2. The number of nitrogens with two attached hydrogens (primary N) is 1. The molecule has 0 fully saturated rings. The summed E-state index contributed by atoms with van der Waals surface area (Å²) in [5, 5.41) is 8.68. The van der Waals surface area contributed by atoms with Gasteiger partial charge in [-0.15, -0.1) is 0 Å². The SMILES string of the molecule is CC(C)Nc1ccc(-c2cccc(NC(=O)OCc3ccccc3)c2)c(CC(=O)NCc2ccc(/C(N)=N/C(=O)OCc3ccccc3)cc2)c1F. The molecule has 11 heteroatoms. The first-order valence-electron chi connectivity index (χ1n) is 16.7. The van der Waals surface area contributed by atoms with Crippen molar-refractivity contribution in [3.05, 3.63) is 155 Å². The van der Waals surface area contributed by atoms with Crippen molar-refractivity contribution in [1.29, 1.82) is 0 Å². The molecule has 5 N–H and O–H groups in total. The van der Waals surface area contributed by atoms with E-state index in [4.69, 9.17) is 15.2 Å². The Balaban J connectivity index is 1.23. The van der Waals surface area contributed by atoms with Crippen molar-refractivity contribution in [2.24, 2.45) is 10.7 Å². The molecule has 0 spiro atoms. The quantitative estimate of drug-likeness (QED) is 0.0720. The van der Waals surface area contributed by atoms with Crippen LogP contribution in [0.1, 0.15) is 41.7 Å². The number of hydrogen-bond acceptors (Lipinski definition) is 6. The number of nitrogens with one attached hydrogen (secondary N) is 3. The number of benzene rings is 5. The zero-order valence-electron chi connectivity index (χ0n) is 28.9. The second-order valence-electron chi connectivity index (χ2n) is 12.2. The first-order valence-corrected chi connectivity index (χ1v) is 16.7. The molecular formula is C41H40FN5O5. The monoisotopic (exact) mass is 701 g/mol. The molecule has 0 aliphatic heterocycles. The fraction of sp³-hybridized carbons (Fsp3) is 0.171. The number of amidine groups is 1. The summed E-state index contributed by atoms with van der Waals surface area (Å²) in [7, 11) is 0. The van der Waals surface area contributed by atoms with E-state index in [0.717, 1.165) is 16.7 Å². The van der Waals surface area contributed by atoms with Crippen LogP contribution < -0.4 is 21.7 Å². The number of amides is 3. The number of carbonyl (C=O) groups excluding carboxylic acids is 3. The molecule has 5 rings (SSSR count). The minimum atomic E-state index is -0.804. The van der Waals surface area contributed by atoms with E-state index >= 15 is 4.39 Å². The van der Waals surface area contributed by atoms with Gasteiger partial charge >= 0.3 is 12.2 Å². The van der Waals surface area contributed by atoms with Crippen LogP contribution in [0.25, 0.3) is 11.1 Å². The van der Waals surface area contributed by atoms with Gasteiger partial charge in [0.15, 0.2) is 5.82 Å². The lowest BCUT2D eigenvalue weighted by molar-refractivity contribution is -0.120. The van der Waals surface area contributed by atoms with Gasteiger partial charge in [-0.3, -0.25) is 10.1 Å². The van der Waals surface area contributed by atoms with E-state index in [-0.39, 0.29) is 49.3 Å². The molecule has 266 valence electrons. The van der Waals surface area contributed by atoms with Crippen LogP contribution in [0.4, 0.5) is 25.4 Å². The third kappa shape index (κ3) is 10.8. The van der Waals surface area contributed by atoms with Crippen LogP contribution in [-0.4, -0.2) is 30.0 Å². The highest BCUT2D eigenvalue weighted by molar-refractivity contribution is 6.02. The highest BCUT2D eigenvalue weighted by Gasteiger charge is 2.19. The molecule has 0 heterocycles. The summed E-state index contributed by atoms with van der Waals surface area (Å²) >= 11 is 0. The van der Waals surface area contributed by atoms with Crippen molar-refractivity contribution in [3.8, 4) is 11.1 Å². The van der Waals surface area contributed by atoms with Crippen molar-refractivity contribution < 1.29 is 28.2 Å². The number of aliphatic imine (C=N–C) groups is 1. The van der Waals surface area contributed by atoms with Crippen LogP contribution in [0.5, 0.6) is 0 Å². The molecule has 0 bridgehead atoms. The van der Waals surface area contributed by atoms with Gasteiger partial charge in [0.1, 0.15) is 19.0 Å². The second kappa shape index (κ2) is 18.0. The van der Waals surface area contributed by atoms with Crippen LogP contribution in [0.15, 0.2) is 126 Å². The van der Waals surface area contributed by atoms with Gasteiger partial charge in [-0.2, -0.15) is 4.99 Å². The highest BCUT2D eigenvalue weighted by Crippen LogP contribution is 2.32. The zero-order chi connectivity index (χ0) is 36.9. The molecule has 0 atom stereocenters. The summed E-state index contributed by atoms with van der Waals surface area (Å²) in [6.45, 7) is 4.15. The summed E-state index contributed by atoms with van der Waals surface area (Å²) in [6.07, 6.45) is -1.68. The summed E-state index contributed by atoms with van der Waals surface area (Å²) < 4.78 is 26.5. The van der Waals surface area contributed by atoms with Crippen LogP contribution in [0.3, 0.4) is 0 Å². The van der Waals surface area contributed by atoms with Crippen LogP contribution in [-0.2, 0) is 40.4 Å². The maximum atomic E-state index is 16.0. The maximum absolute atomic E-state index is 16.0. The van der Waals surface area contributed by atoms with Crippen molar-refractivity contribution in [1.82, 2.24) is 5.32 Å².